The van der Waals surface area contributed by atoms with Crippen molar-refractivity contribution in [3.63, 3.8) is 0 Å². The van der Waals surface area contributed by atoms with E-state index in [0.717, 1.165) is 35.7 Å². The minimum atomic E-state index is 0.0428. The van der Waals surface area contributed by atoms with Crippen molar-refractivity contribution in [2.75, 3.05) is 39.3 Å². The molecule has 2 amide bonds. The molecule has 7 nitrogen and oxygen atoms in total. The van der Waals surface area contributed by atoms with Crippen LogP contribution in [-0.2, 0) is 4.79 Å². The lowest BCUT2D eigenvalue weighted by Gasteiger charge is -2.22. The van der Waals surface area contributed by atoms with Crippen LogP contribution < -0.4 is 5.32 Å². The van der Waals surface area contributed by atoms with Crippen molar-refractivity contribution in [1.82, 2.24) is 24.7 Å². The number of hydrogen-bond acceptors (Lipinski definition) is 4. The van der Waals surface area contributed by atoms with Gasteiger partial charge in [-0.05, 0) is 45.4 Å². The molecule has 1 saturated heterocycles. The third-order valence-electron chi connectivity index (χ3n) is 5.16. The second-order valence-electron chi connectivity index (χ2n) is 7.18. The van der Waals surface area contributed by atoms with Gasteiger partial charge in [0.1, 0.15) is 5.82 Å². The van der Waals surface area contributed by atoms with Gasteiger partial charge in [-0.25, -0.2) is 4.98 Å². The highest BCUT2D eigenvalue weighted by atomic mass is 16.2. The summed E-state index contributed by atoms with van der Waals surface area (Å²) in [6.45, 7) is 9.79. The van der Waals surface area contributed by atoms with E-state index in [0.29, 0.717) is 32.7 Å². The Morgan fingerprint density at radius 1 is 1.14 bits per heavy atom. The first-order valence-corrected chi connectivity index (χ1v) is 9.90. The fourth-order valence-corrected chi connectivity index (χ4v) is 3.78. The number of rotatable bonds is 5. The molecule has 2 aromatic heterocycles. The lowest BCUT2D eigenvalue weighted by molar-refractivity contribution is -0.122. The van der Waals surface area contributed by atoms with Crippen LogP contribution in [0.2, 0.25) is 0 Å². The molecule has 3 rings (SSSR count). The van der Waals surface area contributed by atoms with E-state index in [1.54, 1.807) is 6.20 Å². The number of amides is 2. The van der Waals surface area contributed by atoms with Crippen LogP contribution in [0.3, 0.4) is 0 Å². The molecule has 1 fully saturated rings. The summed E-state index contributed by atoms with van der Waals surface area (Å²) < 4.78 is 2.02. The number of carbonyl (C=O) groups excluding carboxylic acids is 2. The summed E-state index contributed by atoms with van der Waals surface area (Å²) in [4.78, 5) is 33.5. The van der Waals surface area contributed by atoms with Gasteiger partial charge in [-0.2, -0.15) is 0 Å². The molecule has 0 aliphatic carbocycles. The van der Waals surface area contributed by atoms with Gasteiger partial charge in [0, 0.05) is 50.3 Å². The van der Waals surface area contributed by atoms with E-state index in [-0.39, 0.29) is 11.8 Å². The van der Waals surface area contributed by atoms with Crippen molar-refractivity contribution >= 4 is 11.8 Å². The molecule has 0 unspecified atom stereocenters. The van der Waals surface area contributed by atoms with E-state index < -0.39 is 0 Å². The molecule has 0 spiro atoms. The minimum absolute atomic E-state index is 0.0428. The molecular weight excluding hydrogens is 354 g/mol. The summed E-state index contributed by atoms with van der Waals surface area (Å²) >= 11 is 0. The highest BCUT2D eigenvalue weighted by Gasteiger charge is 2.25. The van der Waals surface area contributed by atoms with Crippen LogP contribution in [0.1, 0.15) is 35.1 Å². The standard InChI is InChI=1S/C21H29N5O2/c1-4-22-20(27)15-24-10-7-11-25(13-12-24)21(28)18-14-16(2)26(17(18)3)19-8-5-6-9-23-19/h5-6,8-9,14H,4,7,10-13,15H2,1-3H3,(H,22,27). The molecule has 0 radical (unpaired) electrons. The number of aromatic nitrogens is 2. The Labute approximate surface area is 166 Å². The number of pyridine rings is 1. The third kappa shape index (κ3) is 4.42. The van der Waals surface area contributed by atoms with Gasteiger partial charge < -0.3 is 14.8 Å². The first-order valence-electron chi connectivity index (χ1n) is 9.90. The quantitative estimate of drug-likeness (QED) is 0.854. The average Bonchev–Trinajstić information content (AvgIpc) is 2.83. The summed E-state index contributed by atoms with van der Waals surface area (Å²) in [5.74, 6) is 0.914. The SMILES string of the molecule is CCNC(=O)CN1CCCN(C(=O)c2cc(C)n(-c3ccccn3)c2C)CC1. The van der Waals surface area contributed by atoms with Crippen molar-refractivity contribution in [2.24, 2.45) is 0 Å². The summed E-state index contributed by atoms with van der Waals surface area (Å²) in [5, 5.41) is 2.84. The third-order valence-corrected chi connectivity index (χ3v) is 5.16. The maximum Gasteiger partial charge on any atom is 0.255 e. The summed E-state index contributed by atoms with van der Waals surface area (Å²) in [7, 11) is 0. The Balaban J connectivity index is 1.72. The van der Waals surface area contributed by atoms with E-state index in [2.05, 4.69) is 15.2 Å². The average molecular weight is 383 g/mol. The number of carbonyl (C=O) groups is 2. The topological polar surface area (TPSA) is 70.5 Å². The Morgan fingerprint density at radius 3 is 2.68 bits per heavy atom. The Morgan fingerprint density at radius 2 is 1.96 bits per heavy atom. The highest BCUT2D eigenvalue weighted by molar-refractivity contribution is 5.96. The highest BCUT2D eigenvalue weighted by Crippen LogP contribution is 2.21. The summed E-state index contributed by atoms with van der Waals surface area (Å²) in [5.41, 5.74) is 2.62. The Kier molecular flexibility index (Phi) is 6.46. The second-order valence-corrected chi connectivity index (χ2v) is 7.18. The van der Waals surface area contributed by atoms with E-state index >= 15 is 0 Å². The van der Waals surface area contributed by atoms with Gasteiger partial charge in [-0.1, -0.05) is 6.07 Å². The van der Waals surface area contributed by atoms with Gasteiger partial charge in [0.05, 0.1) is 12.1 Å². The lowest BCUT2D eigenvalue weighted by atomic mass is 10.2. The zero-order chi connectivity index (χ0) is 20.1. The molecule has 3 heterocycles. The molecule has 0 saturated carbocycles. The van der Waals surface area contributed by atoms with Crippen molar-refractivity contribution in [2.45, 2.75) is 27.2 Å². The smallest absolute Gasteiger partial charge is 0.255 e. The number of hydrogen-bond donors (Lipinski definition) is 1. The zero-order valence-electron chi connectivity index (χ0n) is 16.9. The van der Waals surface area contributed by atoms with Gasteiger partial charge in [0.25, 0.3) is 5.91 Å². The Hall–Kier alpha value is -2.67. The number of nitrogens with zero attached hydrogens (tertiary/aromatic N) is 4. The molecule has 150 valence electrons. The molecule has 0 aromatic carbocycles. The molecule has 2 aromatic rings. The van der Waals surface area contributed by atoms with Crippen LogP contribution in [0.4, 0.5) is 0 Å². The summed E-state index contributed by atoms with van der Waals surface area (Å²) in [6, 6.07) is 7.72. The van der Waals surface area contributed by atoms with E-state index in [9.17, 15) is 9.59 Å². The van der Waals surface area contributed by atoms with Crippen LogP contribution in [0.5, 0.6) is 0 Å². The fourth-order valence-electron chi connectivity index (χ4n) is 3.78. The normalized spacial score (nSPS) is 15.3. The molecular formula is C21H29N5O2. The zero-order valence-corrected chi connectivity index (χ0v) is 16.9. The van der Waals surface area contributed by atoms with Gasteiger partial charge in [-0.3, -0.25) is 14.5 Å². The Bertz CT molecular complexity index is 831. The van der Waals surface area contributed by atoms with Crippen LogP contribution in [0, 0.1) is 13.8 Å². The lowest BCUT2D eigenvalue weighted by Crippen LogP contribution is -2.40. The molecule has 1 aliphatic heterocycles. The monoisotopic (exact) mass is 383 g/mol. The first-order chi connectivity index (χ1) is 13.5. The van der Waals surface area contributed by atoms with Gasteiger partial charge in [0.2, 0.25) is 5.91 Å². The molecule has 1 aliphatic rings. The van der Waals surface area contributed by atoms with Crippen molar-refractivity contribution in [3.8, 4) is 5.82 Å². The predicted molar refractivity (Wildman–Crippen MR) is 109 cm³/mol. The number of aryl methyl sites for hydroxylation is 1. The van der Waals surface area contributed by atoms with Crippen molar-refractivity contribution in [1.29, 1.82) is 0 Å². The van der Waals surface area contributed by atoms with Gasteiger partial charge in [0.15, 0.2) is 0 Å². The van der Waals surface area contributed by atoms with Gasteiger partial charge in [-0.15, -0.1) is 0 Å². The minimum Gasteiger partial charge on any atom is -0.355 e. The molecule has 7 heteroatoms. The van der Waals surface area contributed by atoms with Crippen molar-refractivity contribution in [3.05, 3.63) is 47.4 Å². The summed E-state index contributed by atoms with van der Waals surface area (Å²) in [6.07, 6.45) is 2.62. The van der Waals surface area contributed by atoms with E-state index in [1.807, 2.05) is 54.5 Å². The molecule has 1 N–H and O–H groups in total. The molecule has 0 atom stereocenters. The largest absolute Gasteiger partial charge is 0.355 e. The van der Waals surface area contributed by atoms with Crippen LogP contribution in [0.25, 0.3) is 5.82 Å². The van der Waals surface area contributed by atoms with Crippen molar-refractivity contribution < 1.29 is 9.59 Å². The van der Waals surface area contributed by atoms with Crippen LogP contribution in [0.15, 0.2) is 30.5 Å². The maximum absolute atomic E-state index is 13.2. The van der Waals surface area contributed by atoms with Crippen LogP contribution >= 0.6 is 0 Å². The number of nitrogens with one attached hydrogen (secondary N) is 1. The predicted octanol–water partition coefficient (Wildman–Crippen LogP) is 1.77. The maximum atomic E-state index is 13.2. The first kappa shape index (κ1) is 20.1. The number of likely N-dealkylation sites (N-methyl/N-ethyl adjacent to an activating group) is 1. The van der Waals surface area contributed by atoms with Gasteiger partial charge >= 0.3 is 0 Å². The molecule has 28 heavy (non-hydrogen) atoms. The second kappa shape index (κ2) is 9.01. The fraction of sp³-hybridized carbons (Fsp3) is 0.476. The molecule has 0 bridgehead atoms. The van der Waals surface area contributed by atoms with E-state index in [4.69, 9.17) is 0 Å². The van der Waals surface area contributed by atoms with Crippen LogP contribution in [-0.4, -0.2) is 70.4 Å². The van der Waals surface area contributed by atoms with E-state index in [1.165, 1.54) is 0 Å².